The van der Waals surface area contributed by atoms with E-state index in [1.54, 1.807) is 0 Å². The predicted octanol–water partition coefficient (Wildman–Crippen LogP) is 2.50. The standard InChI is InChI=1S/C15H23FN2O2S/c1-18(15(12-17)10-6-2-3-7-11-15)21(19,20)14-9-5-4-8-13(14)16/h4-5,8-9H,2-3,6-7,10-12,17H2,1H3. The molecular weight excluding hydrogens is 291 g/mol. The molecule has 1 aromatic carbocycles. The third-order valence-electron chi connectivity index (χ3n) is 4.56. The van der Waals surface area contributed by atoms with E-state index in [4.69, 9.17) is 5.73 Å². The van der Waals surface area contributed by atoms with E-state index >= 15 is 0 Å². The lowest BCUT2D eigenvalue weighted by Gasteiger charge is -2.39. The van der Waals surface area contributed by atoms with Crippen molar-refractivity contribution in [3.8, 4) is 0 Å². The monoisotopic (exact) mass is 314 g/mol. The Morgan fingerprint density at radius 1 is 1.19 bits per heavy atom. The second kappa shape index (κ2) is 6.42. The van der Waals surface area contributed by atoms with Crippen molar-refractivity contribution in [3.63, 3.8) is 0 Å². The van der Waals surface area contributed by atoms with Crippen LogP contribution in [0.1, 0.15) is 38.5 Å². The summed E-state index contributed by atoms with van der Waals surface area (Å²) in [5.74, 6) is -0.717. The first-order valence-electron chi connectivity index (χ1n) is 7.38. The van der Waals surface area contributed by atoms with E-state index in [0.29, 0.717) is 0 Å². The van der Waals surface area contributed by atoms with Gasteiger partial charge in [0, 0.05) is 19.1 Å². The van der Waals surface area contributed by atoms with Gasteiger partial charge < -0.3 is 5.73 Å². The van der Waals surface area contributed by atoms with Gasteiger partial charge in [-0.3, -0.25) is 0 Å². The summed E-state index contributed by atoms with van der Waals surface area (Å²) >= 11 is 0. The molecule has 0 radical (unpaired) electrons. The minimum atomic E-state index is -3.88. The molecule has 21 heavy (non-hydrogen) atoms. The fourth-order valence-corrected chi connectivity index (χ4v) is 4.72. The molecule has 118 valence electrons. The van der Waals surface area contributed by atoms with Crippen molar-refractivity contribution >= 4 is 10.0 Å². The highest BCUT2D eigenvalue weighted by Crippen LogP contribution is 2.34. The van der Waals surface area contributed by atoms with E-state index in [1.807, 2.05) is 0 Å². The van der Waals surface area contributed by atoms with E-state index < -0.39 is 21.4 Å². The molecule has 0 heterocycles. The number of rotatable bonds is 4. The maximum atomic E-state index is 13.9. The summed E-state index contributed by atoms with van der Waals surface area (Å²) in [6.07, 6.45) is 5.55. The lowest BCUT2D eigenvalue weighted by molar-refractivity contribution is 0.195. The van der Waals surface area contributed by atoms with Gasteiger partial charge in [0.1, 0.15) is 10.7 Å². The Hall–Kier alpha value is -0.980. The summed E-state index contributed by atoms with van der Waals surface area (Å²) in [6, 6.07) is 5.50. The average molecular weight is 314 g/mol. The predicted molar refractivity (Wildman–Crippen MR) is 80.8 cm³/mol. The Labute approximate surface area is 126 Å². The van der Waals surface area contributed by atoms with E-state index in [9.17, 15) is 12.8 Å². The molecule has 0 atom stereocenters. The third-order valence-corrected chi connectivity index (χ3v) is 6.55. The minimum absolute atomic E-state index is 0.261. The molecule has 1 aliphatic carbocycles. The molecule has 0 amide bonds. The third kappa shape index (κ3) is 3.12. The van der Waals surface area contributed by atoms with Crippen LogP contribution in [-0.2, 0) is 10.0 Å². The molecule has 6 heteroatoms. The second-order valence-corrected chi connectivity index (χ2v) is 7.68. The maximum absolute atomic E-state index is 13.9. The summed E-state index contributed by atoms with van der Waals surface area (Å²) < 4.78 is 40.7. The van der Waals surface area contributed by atoms with Crippen molar-refractivity contribution < 1.29 is 12.8 Å². The molecule has 0 bridgehead atoms. The van der Waals surface area contributed by atoms with E-state index in [1.165, 1.54) is 35.6 Å². The Morgan fingerprint density at radius 3 is 2.29 bits per heavy atom. The first-order valence-corrected chi connectivity index (χ1v) is 8.82. The fraction of sp³-hybridized carbons (Fsp3) is 0.600. The molecule has 2 rings (SSSR count). The van der Waals surface area contributed by atoms with Crippen molar-refractivity contribution in [3.05, 3.63) is 30.1 Å². The van der Waals surface area contributed by atoms with Crippen molar-refractivity contribution in [1.82, 2.24) is 4.31 Å². The number of benzene rings is 1. The number of halogens is 1. The Balaban J connectivity index is 2.40. The second-order valence-electron chi connectivity index (χ2n) is 5.75. The zero-order valence-corrected chi connectivity index (χ0v) is 13.2. The molecule has 1 aromatic rings. The summed E-state index contributed by atoms with van der Waals surface area (Å²) in [6.45, 7) is 0.261. The van der Waals surface area contributed by atoms with Crippen molar-refractivity contribution in [1.29, 1.82) is 0 Å². The van der Waals surface area contributed by atoms with E-state index in [2.05, 4.69) is 0 Å². The molecule has 0 unspecified atom stereocenters. The number of sulfonamides is 1. The quantitative estimate of drug-likeness (QED) is 0.869. The topological polar surface area (TPSA) is 63.4 Å². The van der Waals surface area contributed by atoms with Gasteiger partial charge in [0.2, 0.25) is 10.0 Å². The molecule has 2 N–H and O–H groups in total. The van der Waals surface area contributed by atoms with Crippen LogP contribution in [0.4, 0.5) is 4.39 Å². The van der Waals surface area contributed by atoms with Crippen LogP contribution < -0.4 is 5.73 Å². The highest BCUT2D eigenvalue weighted by atomic mass is 32.2. The van der Waals surface area contributed by atoms with Gasteiger partial charge in [-0.25, -0.2) is 12.8 Å². The number of hydrogen-bond donors (Lipinski definition) is 1. The molecule has 1 saturated carbocycles. The van der Waals surface area contributed by atoms with Gasteiger partial charge in [0.05, 0.1) is 0 Å². The Morgan fingerprint density at radius 2 is 1.76 bits per heavy atom. The van der Waals surface area contributed by atoms with Gasteiger partial charge in [-0.2, -0.15) is 4.31 Å². The van der Waals surface area contributed by atoms with Crippen LogP contribution in [0, 0.1) is 5.82 Å². The molecule has 0 saturated heterocycles. The molecule has 1 fully saturated rings. The summed E-state index contributed by atoms with van der Waals surface area (Å²) in [5, 5.41) is 0. The first kappa shape index (κ1) is 16.4. The molecule has 0 aliphatic heterocycles. The van der Waals surface area contributed by atoms with Crippen LogP contribution in [0.25, 0.3) is 0 Å². The van der Waals surface area contributed by atoms with E-state index in [-0.39, 0.29) is 11.4 Å². The Kier molecular flexibility index (Phi) is 5.01. The smallest absolute Gasteiger partial charge is 0.246 e. The number of hydrogen-bond acceptors (Lipinski definition) is 3. The zero-order chi connectivity index (χ0) is 15.5. The molecule has 0 spiro atoms. The van der Waals surface area contributed by atoms with Crippen LogP contribution >= 0.6 is 0 Å². The van der Waals surface area contributed by atoms with Crippen LogP contribution in [-0.4, -0.2) is 31.9 Å². The lowest BCUT2D eigenvalue weighted by atomic mass is 9.90. The number of nitrogens with zero attached hydrogens (tertiary/aromatic N) is 1. The molecule has 1 aliphatic rings. The summed E-state index contributed by atoms with van der Waals surface area (Å²) in [4.78, 5) is -0.274. The van der Waals surface area contributed by atoms with Gasteiger partial charge in [-0.05, 0) is 25.0 Å². The summed E-state index contributed by atoms with van der Waals surface area (Å²) in [5.41, 5.74) is 5.32. The van der Waals surface area contributed by atoms with Gasteiger partial charge in [0.15, 0.2) is 0 Å². The van der Waals surface area contributed by atoms with Crippen molar-refractivity contribution in [2.45, 2.75) is 49.0 Å². The fourth-order valence-electron chi connectivity index (χ4n) is 3.09. The maximum Gasteiger partial charge on any atom is 0.246 e. The van der Waals surface area contributed by atoms with Gasteiger partial charge in [0.25, 0.3) is 0 Å². The van der Waals surface area contributed by atoms with Crippen LogP contribution in [0.2, 0.25) is 0 Å². The minimum Gasteiger partial charge on any atom is -0.329 e. The van der Waals surface area contributed by atoms with Gasteiger partial charge in [-0.15, -0.1) is 0 Å². The van der Waals surface area contributed by atoms with Gasteiger partial charge >= 0.3 is 0 Å². The summed E-state index contributed by atoms with van der Waals surface area (Å²) in [7, 11) is -2.35. The zero-order valence-electron chi connectivity index (χ0n) is 12.4. The van der Waals surface area contributed by atoms with Crippen molar-refractivity contribution in [2.24, 2.45) is 5.73 Å². The lowest BCUT2D eigenvalue weighted by Crippen LogP contribution is -2.54. The molecule has 4 nitrogen and oxygen atoms in total. The highest BCUT2D eigenvalue weighted by Gasteiger charge is 2.41. The average Bonchev–Trinajstić information content (AvgIpc) is 2.73. The molecule has 0 aromatic heterocycles. The molecular formula is C15H23FN2O2S. The largest absolute Gasteiger partial charge is 0.329 e. The van der Waals surface area contributed by atoms with Crippen molar-refractivity contribution in [2.75, 3.05) is 13.6 Å². The van der Waals surface area contributed by atoms with Gasteiger partial charge in [-0.1, -0.05) is 37.8 Å². The Bertz CT molecular complexity index is 581. The SMILES string of the molecule is CN(C1(CN)CCCCCC1)S(=O)(=O)c1ccccc1F. The van der Waals surface area contributed by atoms with Crippen LogP contribution in [0.15, 0.2) is 29.2 Å². The number of likely N-dealkylation sites (N-methyl/N-ethyl adjacent to an activating group) is 1. The first-order chi connectivity index (χ1) is 9.94. The highest BCUT2D eigenvalue weighted by molar-refractivity contribution is 7.89. The number of nitrogens with two attached hydrogens (primary N) is 1. The van der Waals surface area contributed by atoms with Crippen LogP contribution in [0.3, 0.4) is 0 Å². The normalized spacial score (nSPS) is 19.4. The van der Waals surface area contributed by atoms with E-state index in [0.717, 1.165) is 38.5 Å². The van der Waals surface area contributed by atoms with Crippen LogP contribution in [0.5, 0.6) is 0 Å².